The first-order chi connectivity index (χ1) is 23.5. The Morgan fingerprint density at radius 3 is 2.12 bits per heavy atom. The van der Waals surface area contributed by atoms with Gasteiger partial charge in [0.05, 0.1) is 31.9 Å². The minimum absolute atomic E-state index is 0.00627. The maximum atomic E-state index is 14.7. The molecule has 0 unspecified atom stereocenters. The van der Waals surface area contributed by atoms with Gasteiger partial charge in [0.2, 0.25) is 11.8 Å². The van der Waals surface area contributed by atoms with E-state index in [1.165, 1.54) is 49.5 Å². The molecule has 0 aliphatic rings. The summed E-state index contributed by atoms with van der Waals surface area (Å²) in [6, 6.07) is 25.8. The molecule has 49 heavy (non-hydrogen) atoms. The van der Waals surface area contributed by atoms with Gasteiger partial charge in [0.25, 0.3) is 10.0 Å². The maximum Gasteiger partial charge on any atom is 0.264 e. The second-order valence-electron chi connectivity index (χ2n) is 11.4. The molecular formula is C37H42ClN3O7S. The monoisotopic (exact) mass is 707 g/mol. The molecule has 0 radical (unpaired) electrons. The molecule has 4 rings (SSSR count). The SMILES string of the molecule is CC[C@H](C)NC(=O)[C@@H](Cc1ccccc1)N(Cc1cccc(OC)c1)C(=O)CN(c1ccc(Cl)cc1)S(=O)(=O)c1ccc(OC)c(OC)c1. The normalized spacial score (nSPS) is 12.4. The van der Waals surface area contributed by atoms with E-state index in [-0.39, 0.29) is 41.2 Å². The van der Waals surface area contributed by atoms with Crippen LogP contribution in [-0.4, -0.2) is 65.1 Å². The molecule has 4 aromatic carbocycles. The van der Waals surface area contributed by atoms with Crippen LogP contribution in [0.3, 0.4) is 0 Å². The number of halogens is 1. The van der Waals surface area contributed by atoms with Gasteiger partial charge in [-0.15, -0.1) is 0 Å². The van der Waals surface area contributed by atoms with Crippen molar-refractivity contribution < 1.29 is 32.2 Å². The Bertz CT molecular complexity index is 1820. The van der Waals surface area contributed by atoms with Crippen LogP contribution in [-0.2, 0) is 32.6 Å². The number of hydrogen-bond acceptors (Lipinski definition) is 7. The van der Waals surface area contributed by atoms with Crippen LogP contribution in [0.15, 0.2) is 102 Å². The average molecular weight is 708 g/mol. The van der Waals surface area contributed by atoms with E-state index in [1.54, 1.807) is 37.4 Å². The number of nitrogens with one attached hydrogen (secondary N) is 1. The molecule has 0 bridgehead atoms. The summed E-state index contributed by atoms with van der Waals surface area (Å²) in [5, 5.41) is 3.43. The second kappa shape index (κ2) is 17.1. The van der Waals surface area contributed by atoms with Gasteiger partial charge in [0, 0.05) is 30.1 Å². The van der Waals surface area contributed by atoms with Crippen LogP contribution in [0.1, 0.15) is 31.4 Å². The van der Waals surface area contributed by atoms with Crippen molar-refractivity contribution in [2.45, 2.75) is 50.2 Å². The fourth-order valence-electron chi connectivity index (χ4n) is 5.20. The highest BCUT2D eigenvalue weighted by Crippen LogP contribution is 2.33. The molecule has 0 saturated carbocycles. The number of carbonyl (C=O) groups excluding carboxylic acids is 2. The lowest BCUT2D eigenvalue weighted by molar-refractivity contribution is -0.140. The zero-order valence-corrected chi connectivity index (χ0v) is 29.8. The number of carbonyl (C=O) groups is 2. The Morgan fingerprint density at radius 1 is 0.816 bits per heavy atom. The first-order valence-electron chi connectivity index (χ1n) is 15.8. The highest BCUT2D eigenvalue weighted by molar-refractivity contribution is 7.92. The van der Waals surface area contributed by atoms with Crippen molar-refractivity contribution in [3.8, 4) is 17.2 Å². The van der Waals surface area contributed by atoms with Crippen LogP contribution in [0, 0.1) is 0 Å². The summed E-state index contributed by atoms with van der Waals surface area (Å²) in [5.74, 6) is 0.177. The van der Waals surface area contributed by atoms with Crippen LogP contribution in [0.2, 0.25) is 5.02 Å². The predicted octanol–water partition coefficient (Wildman–Crippen LogP) is 6.12. The van der Waals surface area contributed by atoms with Crippen molar-refractivity contribution in [3.63, 3.8) is 0 Å². The van der Waals surface area contributed by atoms with E-state index in [4.69, 9.17) is 25.8 Å². The number of ether oxygens (including phenoxy) is 3. The van der Waals surface area contributed by atoms with Crippen LogP contribution < -0.4 is 23.8 Å². The molecule has 0 saturated heterocycles. The zero-order valence-electron chi connectivity index (χ0n) is 28.3. The van der Waals surface area contributed by atoms with Crippen LogP contribution in [0.25, 0.3) is 0 Å². The van der Waals surface area contributed by atoms with Gasteiger partial charge < -0.3 is 24.4 Å². The molecule has 10 nitrogen and oxygen atoms in total. The minimum atomic E-state index is -4.38. The summed E-state index contributed by atoms with van der Waals surface area (Å²) in [4.78, 5) is 30.0. The number of methoxy groups -OCH3 is 3. The molecule has 12 heteroatoms. The third-order valence-corrected chi connectivity index (χ3v) is 10.1. The molecular weight excluding hydrogens is 666 g/mol. The van der Waals surface area contributed by atoms with Gasteiger partial charge >= 0.3 is 0 Å². The lowest BCUT2D eigenvalue weighted by Gasteiger charge is -2.34. The van der Waals surface area contributed by atoms with Gasteiger partial charge in [0.1, 0.15) is 18.3 Å². The Labute approximate surface area is 293 Å². The first kappa shape index (κ1) is 37.1. The average Bonchev–Trinajstić information content (AvgIpc) is 3.12. The Hall–Kier alpha value is -4.74. The van der Waals surface area contributed by atoms with Crippen LogP contribution >= 0.6 is 11.6 Å². The first-order valence-corrected chi connectivity index (χ1v) is 17.6. The molecule has 0 aromatic heterocycles. The van der Waals surface area contributed by atoms with Crippen molar-refractivity contribution in [2.75, 3.05) is 32.2 Å². The van der Waals surface area contributed by atoms with Crippen LogP contribution in [0.4, 0.5) is 5.69 Å². The lowest BCUT2D eigenvalue weighted by Crippen LogP contribution is -2.54. The number of rotatable bonds is 16. The van der Waals surface area contributed by atoms with E-state index >= 15 is 0 Å². The van der Waals surface area contributed by atoms with E-state index in [0.29, 0.717) is 28.5 Å². The Balaban J connectivity index is 1.84. The standard InChI is InChI=1S/C37H42ClN3O7S/c1-6-26(2)39-37(43)33(22-27-11-8-7-9-12-27)40(24-28-13-10-14-31(21-28)46-3)36(42)25-41(30-17-15-29(38)16-18-30)49(44,45)32-19-20-34(47-4)35(23-32)48-5/h7-21,23,26,33H,6,22,24-25H2,1-5H3,(H,39,43)/t26-,33+/m0/s1. The van der Waals surface area contributed by atoms with Gasteiger partial charge in [-0.05, 0) is 73.0 Å². The molecule has 0 fully saturated rings. The number of amides is 2. The smallest absolute Gasteiger partial charge is 0.264 e. The van der Waals surface area contributed by atoms with Crippen molar-refractivity contribution in [3.05, 3.63) is 113 Å². The Kier molecular flexibility index (Phi) is 12.9. The fourth-order valence-corrected chi connectivity index (χ4v) is 6.76. The third-order valence-electron chi connectivity index (χ3n) is 8.10. The largest absolute Gasteiger partial charge is 0.497 e. The van der Waals surface area contributed by atoms with Crippen molar-refractivity contribution in [1.29, 1.82) is 0 Å². The van der Waals surface area contributed by atoms with E-state index in [1.807, 2.05) is 50.2 Å². The zero-order chi connectivity index (χ0) is 35.6. The number of sulfonamides is 1. The Morgan fingerprint density at radius 2 is 1.49 bits per heavy atom. The van der Waals surface area contributed by atoms with Gasteiger partial charge in [-0.3, -0.25) is 13.9 Å². The molecule has 0 heterocycles. The maximum absolute atomic E-state index is 14.7. The third kappa shape index (κ3) is 9.45. The van der Waals surface area contributed by atoms with E-state index in [9.17, 15) is 18.0 Å². The molecule has 1 N–H and O–H groups in total. The number of nitrogens with zero attached hydrogens (tertiary/aromatic N) is 2. The van der Waals surface area contributed by atoms with E-state index < -0.39 is 28.5 Å². The molecule has 2 atom stereocenters. The summed E-state index contributed by atoms with van der Waals surface area (Å²) < 4.78 is 45.9. The summed E-state index contributed by atoms with van der Waals surface area (Å²) in [6.07, 6.45) is 0.879. The van der Waals surface area contributed by atoms with E-state index in [0.717, 1.165) is 9.87 Å². The summed E-state index contributed by atoms with van der Waals surface area (Å²) in [7, 11) is 0.0213. The van der Waals surface area contributed by atoms with Gasteiger partial charge in [0.15, 0.2) is 11.5 Å². The van der Waals surface area contributed by atoms with Gasteiger partial charge in [-0.1, -0.05) is 61.0 Å². The van der Waals surface area contributed by atoms with Gasteiger partial charge in [-0.25, -0.2) is 8.42 Å². The molecule has 0 spiro atoms. The predicted molar refractivity (Wildman–Crippen MR) is 191 cm³/mol. The number of anilines is 1. The topological polar surface area (TPSA) is 114 Å². The summed E-state index contributed by atoms with van der Waals surface area (Å²) >= 11 is 6.17. The lowest BCUT2D eigenvalue weighted by atomic mass is 10.0. The quantitative estimate of drug-likeness (QED) is 0.149. The second-order valence-corrected chi connectivity index (χ2v) is 13.7. The van der Waals surface area contributed by atoms with Crippen molar-refractivity contribution in [2.24, 2.45) is 0 Å². The molecule has 0 aliphatic carbocycles. The summed E-state index contributed by atoms with van der Waals surface area (Å²) in [5.41, 5.74) is 1.74. The van der Waals surface area contributed by atoms with Gasteiger partial charge in [-0.2, -0.15) is 0 Å². The molecule has 260 valence electrons. The molecule has 4 aromatic rings. The van der Waals surface area contributed by atoms with Crippen molar-refractivity contribution >= 4 is 39.1 Å². The van der Waals surface area contributed by atoms with Crippen LogP contribution in [0.5, 0.6) is 17.2 Å². The highest BCUT2D eigenvalue weighted by Gasteiger charge is 2.35. The summed E-state index contributed by atoms with van der Waals surface area (Å²) in [6.45, 7) is 3.24. The molecule has 0 aliphatic heterocycles. The highest BCUT2D eigenvalue weighted by atomic mass is 35.5. The fraction of sp³-hybridized carbons (Fsp3) is 0.297. The molecule has 2 amide bonds. The van der Waals surface area contributed by atoms with Crippen molar-refractivity contribution in [1.82, 2.24) is 10.2 Å². The van der Waals surface area contributed by atoms with E-state index in [2.05, 4.69) is 5.32 Å². The number of benzene rings is 4. The minimum Gasteiger partial charge on any atom is -0.497 e. The number of hydrogen-bond donors (Lipinski definition) is 1.